The first-order valence-electron chi connectivity index (χ1n) is 6.50. The monoisotopic (exact) mass is 333 g/mol. The summed E-state index contributed by atoms with van der Waals surface area (Å²) in [6.45, 7) is 2.95. The molecule has 0 heterocycles. The number of benzene rings is 1. The number of hydrogen-bond donors (Lipinski definition) is 0. The van der Waals surface area contributed by atoms with E-state index in [-0.39, 0.29) is 0 Å². The van der Waals surface area contributed by atoms with Crippen molar-refractivity contribution in [2.45, 2.75) is 30.1 Å². The van der Waals surface area contributed by atoms with Crippen LogP contribution >= 0.6 is 34.8 Å². The lowest BCUT2D eigenvalue weighted by molar-refractivity contribution is -0.130. The van der Waals surface area contributed by atoms with Gasteiger partial charge in [-0.1, -0.05) is 90.6 Å². The normalized spacial score (nSPS) is 11.8. The second kappa shape index (κ2) is 8.56. The van der Waals surface area contributed by atoms with Crippen LogP contribution in [0.2, 0.25) is 0 Å². The van der Waals surface area contributed by atoms with Crippen molar-refractivity contribution >= 4 is 40.7 Å². The van der Waals surface area contributed by atoms with E-state index in [1.54, 1.807) is 0 Å². The maximum absolute atomic E-state index is 12.1. The third kappa shape index (κ3) is 6.17. The van der Waals surface area contributed by atoms with Gasteiger partial charge >= 0.3 is 0 Å². The Morgan fingerprint density at radius 1 is 1.20 bits per heavy atom. The number of carbonyl (C=O) groups is 1. The average molecular weight is 335 g/mol. The number of rotatable bonds is 6. The molecule has 0 bridgehead atoms. The molecule has 0 radical (unpaired) electrons. The molecule has 1 amide bonds. The van der Waals surface area contributed by atoms with E-state index in [1.807, 2.05) is 42.5 Å². The van der Waals surface area contributed by atoms with Gasteiger partial charge in [0.1, 0.15) is 0 Å². The van der Waals surface area contributed by atoms with Gasteiger partial charge in [-0.2, -0.15) is 0 Å². The Morgan fingerprint density at radius 2 is 1.85 bits per heavy atom. The van der Waals surface area contributed by atoms with Crippen molar-refractivity contribution < 1.29 is 4.79 Å². The molecule has 2 nitrogen and oxygen atoms in total. The third-order valence-corrected chi connectivity index (χ3v) is 3.18. The van der Waals surface area contributed by atoms with E-state index in [4.69, 9.17) is 34.8 Å². The maximum Gasteiger partial charge on any atom is 0.275 e. The number of nitrogens with zero attached hydrogens (tertiary/aromatic N) is 1. The summed E-state index contributed by atoms with van der Waals surface area (Å²) in [5.41, 5.74) is 0.999. The predicted molar refractivity (Wildman–Crippen MR) is 86.2 cm³/mol. The summed E-state index contributed by atoms with van der Waals surface area (Å²) in [6, 6.07) is 9.63. The molecule has 0 saturated heterocycles. The van der Waals surface area contributed by atoms with Gasteiger partial charge in [0.15, 0.2) is 0 Å². The zero-order valence-electron chi connectivity index (χ0n) is 11.4. The molecular weight excluding hydrogens is 317 g/mol. The lowest BCUT2D eigenvalue weighted by atomic mass is 10.2. The van der Waals surface area contributed by atoms with E-state index < -0.39 is 9.70 Å². The van der Waals surface area contributed by atoms with Crippen LogP contribution in [0.1, 0.15) is 25.3 Å². The van der Waals surface area contributed by atoms with Gasteiger partial charge in [-0.25, -0.2) is 0 Å². The van der Waals surface area contributed by atoms with Crippen LogP contribution in [0.5, 0.6) is 0 Å². The molecule has 20 heavy (non-hydrogen) atoms. The van der Waals surface area contributed by atoms with Crippen molar-refractivity contribution in [2.75, 3.05) is 6.54 Å². The van der Waals surface area contributed by atoms with Crippen LogP contribution in [0.25, 0.3) is 0 Å². The minimum Gasteiger partial charge on any atom is -0.331 e. The lowest BCUT2D eigenvalue weighted by Crippen LogP contribution is -2.39. The van der Waals surface area contributed by atoms with Crippen molar-refractivity contribution in [3.05, 3.63) is 48.0 Å². The summed E-state index contributed by atoms with van der Waals surface area (Å²) in [4.78, 5) is 13.7. The van der Waals surface area contributed by atoms with Crippen LogP contribution in [0.3, 0.4) is 0 Å². The molecule has 0 aromatic heterocycles. The number of allylic oxidation sites excluding steroid dienone is 1. The van der Waals surface area contributed by atoms with E-state index >= 15 is 0 Å². The molecule has 1 aromatic rings. The van der Waals surface area contributed by atoms with E-state index in [9.17, 15) is 4.79 Å². The SMILES string of the molecule is CCCC=CCN(Cc1ccccc1)C(=O)C(Cl)(Cl)Cl. The molecule has 1 aromatic carbocycles. The summed E-state index contributed by atoms with van der Waals surface area (Å²) in [7, 11) is 0. The Bertz CT molecular complexity index is 440. The summed E-state index contributed by atoms with van der Waals surface area (Å²) in [5, 5.41) is 0. The molecule has 0 saturated carbocycles. The highest BCUT2D eigenvalue weighted by Crippen LogP contribution is 2.29. The highest BCUT2D eigenvalue weighted by molar-refractivity contribution is 6.76. The predicted octanol–water partition coefficient (Wildman–Crippen LogP) is 4.74. The van der Waals surface area contributed by atoms with Gasteiger partial charge < -0.3 is 4.90 Å². The van der Waals surface area contributed by atoms with Crippen LogP contribution in [0.15, 0.2) is 42.5 Å². The Balaban J connectivity index is 2.76. The lowest BCUT2D eigenvalue weighted by Gasteiger charge is -2.24. The van der Waals surface area contributed by atoms with Crippen LogP contribution in [-0.2, 0) is 11.3 Å². The average Bonchev–Trinajstić information content (AvgIpc) is 2.41. The van der Waals surface area contributed by atoms with Gasteiger partial charge in [-0.3, -0.25) is 4.79 Å². The molecule has 0 atom stereocenters. The molecule has 0 aliphatic heterocycles. The Hall–Kier alpha value is -0.700. The van der Waals surface area contributed by atoms with Crippen molar-refractivity contribution in [3.8, 4) is 0 Å². The van der Waals surface area contributed by atoms with E-state index in [0.717, 1.165) is 18.4 Å². The summed E-state index contributed by atoms with van der Waals surface area (Å²) >= 11 is 17.1. The topological polar surface area (TPSA) is 20.3 Å². The maximum atomic E-state index is 12.1. The molecule has 0 spiro atoms. The van der Waals surface area contributed by atoms with Crippen molar-refractivity contribution in [1.82, 2.24) is 4.90 Å². The number of amides is 1. The largest absolute Gasteiger partial charge is 0.331 e. The van der Waals surface area contributed by atoms with E-state index in [2.05, 4.69) is 6.92 Å². The van der Waals surface area contributed by atoms with Crippen molar-refractivity contribution in [1.29, 1.82) is 0 Å². The van der Waals surface area contributed by atoms with Gasteiger partial charge in [0.2, 0.25) is 0 Å². The third-order valence-electron chi connectivity index (χ3n) is 2.69. The van der Waals surface area contributed by atoms with Gasteiger partial charge in [0.05, 0.1) is 0 Å². The second-order valence-electron chi connectivity index (χ2n) is 4.43. The molecule has 0 fully saturated rings. The summed E-state index contributed by atoms with van der Waals surface area (Å²) in [6.07, 6.45) is 6.00. The molecule has 0 N–H and O–H groups in total. The fourth-order valence-corrected chi connectivity index (χ4v) is 2.05. The van der Waals surface area contributed by atoms with Crippen LogP contribution in [0, 0.1) is 0 Å². The van der Waals surface area contributed by atoms with E-state index in [1.165, 1.54) is 4.90 Å². The smallest absolute Gasteiger partial charge is 0.275 e. The first kappa shape index (κ1) is 17.4. The molecule has 0 unspecified atom stereocenters. The molecule has 5 heteroatoms. The molecule has 0 aliphatic rings. The summed E-state index contributed by atoms with van der Waals surface area (Å²) < 4.78 is -1.92. The number of hydrogen-bond acceptors (Lipinski definition) is 1. The van der Waals surface area contributed by atoms with Gasteiger partial charge in [0.25, 0.3) is 9.70 Å². The highest BCUT2D eigenvalue weighted by atomic mass is 35.6. The highest BCUT2D eigenvalue weighted by Gasteiger charge is 2.34. The van der Waals surface area contributed by atoms with Crippen molar-refractivity contribution in [2.24, 2.45) is 0 Å². The fourth-order valence-electron chi connectivity index (χ4n) is 1.69. The number of halogens is 3. The Morgan fingerprint density at radius 3 is 2.40 bits per heavy atom. The molecule has 110 valence electrons. The summed E-state index contributed by atoms with van der Waals surface area (Å²) in [5.74, 6) is -0.507. The second-order valence-corrected chi connectivity index (χ2v) is 6.71. The zero-order valence-corrected chi connectivity index (χ0v) is 13.6. The van der Waals surface area contributed by atoms with Crippen LogP contribution in [-0.4, -0.2) is 21.1 Å². The quantitative estimate of drug-likeness (QED) is 0.543. The first-order valence-corrected chi connectivity index (χ1v) is 7.63. The fraction of sp³-hybridized carbons (Fsp3) is 0.400. The van der Waals surface area contributed by atoms with Gasteiger partial charge in [-0.05, 0) is 12.0 Å². The van der Waals surface area contributed by atoms with Gasteiger partial charge in [-0.15, -0.1) is 0 Å². The van der Waals surface area contributed by atoms with Crippen LogP contribution < -0.4 is 0 Å². The first-order chi connectivity index (χ1) is 9.45. The zero-order chi connectivity index (χ0) is 15.0. The molecule has 1 rings (SSSR count). The Kier molecular flexibility index (Phi) is 7.42. The van der Waals surface area contributed by atoms with E-state index in [0.29, 0.717) is 13.1 Å². The number of unbranched alkanes of at least 4 members (excludes halogenated alkanes) is 1. The molecule has 0 aliphatic carbocycles. The number of carbonyl (C=O) groups excluding carboxylic acids is 1. The van der Waals surface area contributed by atoms with Gasteiger partial charge in [0, 0.05) is 13.1 Å². The number of alkyl halides is 3. The van der Waals surface area contributed by atoms with Crippen molar-refractivity contribution in [3.63, 3.8) is 0 Å². The minimum absolute atomic E-state index is 0.421. The molecular formula is C15H18Cl3NO. The standard InChI is InChI=1S/C15H18Cl3NO/c1-2-3-4-8-11-19(14(20)15(16,17)18)12-13-9-6-5-7-10-13/h4-10H,2-3,11-12H2,1H3. The van der Waals surface area contributed by atoms with Crippen LogP contribution in [0.4, 0.5) is 0 Å². The minimum atomic E-state index is -1.92. The Labute approximate surface area is 135 Å².